The molecule has 0 atom stereocenters. The highest BCUT2D eigenvalue weighted by molar-refractivity contribution is 5.84. The van der Waals surface area contributed by atoms with E-state index >= 15 is 0 Å². The molecule has 0 aliphatic rings. The molecule has 0 rings (SSSR count). The van der Waals surface area contributed by atoms with Crippen LogP contribution in [0.4, 0.5) is 0 Å². The summed E-state index contributed by atoms with van der Waals surface area (Å²) in [4.78, 5) is 9.60. The molecule has 3 N–H and O–H groups in total. The number of carboxylic acids is 1. The molecule has 0 saturated heterocycles. The van der Waals surface area contributed by atoms with Gasteiger partial charge < -0.3 is 10.8 Å². The summed E-state index contributed by atoms with van der Waals surface area (Å²) in [5.41, 5.74) is 5.92. The Balaban J connectivity index is 0. The molecule has 0 spiro atoms. The largest absolute Gasteiger partial charge is 0.478 e. The second kappa shape index (κ2) is 6.66. The number of hydrogen-bond acceptors (Lipinski definition) is 2. The van der Waals surface area contributed by atoms with E-state index in [1.165, 1.54) is 6.92 Å². The van der Waals surface area contributed by atoms with Crippen LogP contribution in [-0.2, 0) is 4.79 Å². The average Bonchev–Trinajstić information content (AvgIpc) is 1.85. The lowest BCUT2D eigenvalue weighted by Crippen LogP contribution is -2.12. The van der Waals surface area contributed by atoms with E-state index in [0.717, 1.165) is 13.0 Å². The van der Waals surface area contributed by atoms with Gasteiger partial charge in [0.1, 0.15) is 0 Å². The predicted octanol–water partition coefficient (Wildman–Crippen LogP) is 2.03. The maximum atomic E-state index is 9.60. The van der Waals surface area contributed by atoms with Crippen molar-refractivity contribution in [3.63, 3.8) is 0 Å². The van der Waals surface area contributed by atoms with Crippen molar-refractivity contribution in [3.05, 3.63) is 12.2 Å². The Morgan fingerprint density at radius 2 is 1.77 bits per heavy atom. The molecule has 0 radical (unpaired) electrons. The minimum absolute atomic E-state index is 0.176. The van der Waals surface area contributed by atoms with Gasteiger partial charge in [0.05, 0.1) is 0 Å². The molecule has 3 nitrogen and oxygen atoms in total. The third kappa shape index (κ3) is 18.3. The fourth-order valence-corrected chi connectivity index (χ4v) is 0.433. The summed E-state index contributed by atoms with van der Waals surface area (Å²) in [5.74, 6) is -0.935. The Morgan fingerprint density at radius 3 is 1.77 bits per heavy atom. The first kappa shape index (κ1) is 14.7. The van der Waals surface area contributed by atoms with Crippen molar-refractivity contribution in [2.75, 3.05) is 6.54 Å². The zero-order chi connectivity index (χ0) is 11.1. The Kier molecular flexibility index (Phi) is 7.52. The number of carbonyl (C=O) groups is 1. The Hall–Kier alpha value is -0.830. The van der Waals surface area contributed by atoms with Gasteiger partial charge in [-0.1, -0.05) is 27.4 Å². The van der Waals surface area contributed by atoms with Crippen LogP contribution >= 0.6 is 0 Å². The van der Waals surface area contributed by atoms with Crippen LogP contribution in [0.15, 0.2) is 12.2 Å². The summed E-state index contributed by atoms with van der Waals surface area (Å²) in [6, 6.07) is 0. The van der Waals surface area contributed by atoms with E-state index in [9.17, 15) is 4.79 Å². The number of rotatable bonds is 2. The van der Waals surface area contributed by atoms with E-state index in [-0.39, 0.29) is 5.57 Å². The lowest BCUT2D eigenvalue weighted by atomic mass is 9.93. The monoisotopic (exact) mass is 187 g/mol. The second-order valence-electron chi connectivity index (χ2n) is 4.18. The highest BCUT2D eigenvalue weighted by Gasteiger charge is 2.06. The summed E-state index contributed by atoms with van der Waals surface area (Å²) in [7, 11) is 0. The van der Waals surface area contributed by atoms with Gasteiger partial charge in [-0.3, -0.25) is 0 Å². The van der Waals surface area contributed by atoms with Crippen molar-refractivity contribution in [2.45, 2.75) is 34.1 Å². The first-order chi connectivity index (χ1) is 5.70. The van der Waals surface area contributed by atoms with Crippen LogP contribution in [0.5, 0.6) is 0 Å². The third-order valence-corrected chi connectivity index (χ3v) is 1.26. The zero-order valence-electron chi connectivity index (χ0n) is 9.05. The number of hydrogen-bond donors (Lipinski definition) is 2. The molecule has 0 aliphatic heterocycles. The zero-order valence-corrected chi connectivity index (χ0v) is 9.05. The first-order valence-corrected chi connectivity index (χ1v) is 4.29. The molecule has 0 unspecified atom stereocenters. The van der Waals surface area contributed by atoms with Crippen LogP contribution in [0.25, 0.3) is 0 Å². The molecule has 0 amide bonds. The van der Waals surface area contributed by atoms with Crippen molar-refractivity contribution in [2.24, 2.45) is 11.1 Å². The number of aliphatic carboxylic acids is 1. The molecule has 13 heavy (non-hydrogen) atoms. The predicted molar refractivity (Wildman–Crippen MR) is 55.6 cm³/mol. The van der Waals surface area contributed by atoms with Crippen molar-refractivity contribution < 1.29 is 9.90 Å². The van der Waals surface area contributed by atoms with Gasteiger partial charge in [0.2, 0.25) is 0 Å². The SMILES string of the molecule is C=C(C)C(=O)O.CC(C)(C)CCN. The van der Waals surface area contributed by atoms with E-state index < -0.39 is 5.97 Å². The number of nitrogens with two attached hydrogens (primary N) is 1. The van der Waals surface area contributed by atoms with Gasteiger partial charge in [-0.2, -0.15) is 0 Å². The first-order valence-electron chi connectivity index (χ1n) is 4.29. The normalized spacial score (nSPS) is 9.92. The molecule has 0 aromatic rings. The third-order valence-electron chi connectivity index (χ3n) is 1.26. The Bertz CT molecular complexity index is 156. The molecule has 0 aromatic heterocycles. The smallest absolute Gasteiger partial charge is 0.330 e. The van der Waals surface area contributed by atoms with Gasteiger partial charge in [0, 0.05) is 5.57 Å². The summed E-state index contributed by atoms with van der Waals surface area (Å²) in [6.07, 6.45) is 1.12. The molecule has 0 aliphatic carbocycles. The maximum absolute atomic E-state index is 9.60. The van der Waals surface area contributed by atoms with Gasteiger partial charge in [-0.05, 0) is 25.3 Å². The minimum atomic E-state index is -0.935. The van der Waals surface area contributed by atoms with Gasteiger partial charge in [-0.15, -0.1) is 0 Å². The van der Waals surface area contributed by atoms with Crippen molar-refractivity contribution in [1.29, 1.82) is 0 Å². The van der Waals surface area contributed by atoms with Crippen molar-refractivity contribution in [1.82, 2.24) is 0 Å². The van der Waals surface area contributed by atoms with Crippen LogP contribution in [0.2, 0.25) is 0 Å². The molecule has 0 saturated carbocycles. The van der Waals surface area contributed by atoms with Gasteiger partial charge in [-0.25, -0.2) is 4.79 Å². The van der Waals surface area contributed by atoms with Gasteiger partial charge in [0.15, 0.2) is 0 Å². The van der Waals surface area contributed by atoms with Crippen LogP contribution in [0.3, 0.4) is 0 Å². The fraction of sp³-hybridized carbons (Fsp3) is 0.700. The molecular formula is C10H21NO2. The standard InChI is InChI=1S/C6H15N.C4H6O2/c1-6(2,3)4-5-7;1-3(2)4(5)6/h4-5,7H2,1-3H3;1H2,2H3,(H,5,6). The summed E-state index contributed by atoms with van der Waals surface area (Å²) in [5, 5.41) is 7.89. The van der Waals surface area contributed by atoms with Crippen LogP contribution in [0.1, 0.15) is 34.1 Å². The molecule has 0 aromatic carbocycles. The van der Waals surface area contributed by atoms with E-state index in [1.807, 2.05) is 0 Å². The quantitative estimate of drug-likeness (QED) is 0.650. The fourth-order valence-electron chi connectivity index (χ4n) is 0.433. The molecule has 0 heterocycles. The van der Waals surface area contributed by atoms with E-state index in [4.69, 9.17) is 10.8 Å². The number of carboxylic acid groups (broad SMARTS) is 1. The Morgan fingerprint density at radius 1 is 1.46 bits per heavy atom. The van der Waals surface area contributed by atoms with Crippen molar-refractivity contribution >= 4 is 5.97 Å². The van der Waals surface area contributed by atoms with Crippen LogP contribution in [-0.4, -0.2) is 17.6 Å². The molecule has 78 valence electrons. The van der Waals surface area contributed by atoms with E-state index in [2.05, 4.69) is 27.4 Å². The maximum Gasteiger partial charge on any atom is 0.330 e. The van der Waals surface area contributed by atoms with Crippen LogP contribution < -0.4 is 5.73 Å². The summed E-state index contributed by atoms with van der Waals surface area (Å²) < 4.78 is 0. The Labute approximate surface area is 80.6 Å². The molecular weight excluding hydrogens is 166 g/mol. The second-order valence-corrected chi connectivity index (χ2v) is 4.18. The van der Waals surface area contributed by atoms with E-state index in [1.54, 1.807) is 0 Å². The highest BCUT2D eigenvalue weighted by Crippen LogP contribution is 2.16. The lowest BCUT2D eigenvalue weighted by molar-refractivity contribution is -0.132. The van der Waals surface area contributed by atoms with Crippen LogP contribution in [0, 0.1) is 5.41 Å². The average molecular weight is 187 g/mol. The summed E-state index contributed by atoms with van der Waals surface area (Å²) >= 11 is 0. The molecule has 0 bridgehead atoms. The van der Waals surface area contributed by atoms with Gasteiger partial charge >= 0.3 is 5.97 Å². The minimum Gasteiger partial charge on any atom is -0.478 e. The van der Waals surface area contributed by atoms with Crippen molar-refractivity contribution in [3.8, 4) is 0 Å². The molecule has 0 fully saturated rings. The topological polar surface area (TPSA) is 63.3 Å². The molecule has 3 heteroatoms. The summed E-state index contributed by atoms with van der Waals surface area (Å²) in [6.45, 7) is 12.0. The van der Waals surface area contributed by atoms with E-state index in [0.29, 0.717) is 5.41 Å². The van der Waals surface area contributed by atoms with Gasteiger partial charge in [0.25, 0.3) is 0 Å². The lowest BCUT2D eigenvalue weighted by Gasteiger charge is -2.15. The highest BCUT2D eigenvalue weighted by atomic mass is 16.4.